The fourth-order valence-electron chi connectivity index (χ4n) is 1.90. The minimum Gasteiger partial charge on any atom is -0.399 e. The minimum absolute atomic E-state index is 0.224. The van der Waals surface area contributed by atoms with Crippen LogP contribution < -0.4 is 11.1 Å². The predicted molar refractivity (Wildman–Crippen MR) is 86.6 cm³/mol. The van der Waals surface area contributed by atoms with Gasteiger partial charge in [0, 0.05) is 10.2 Å². The Bertz CT molecular complexity index is 668. The van der Waals surface area contributed by atoms with Gasteiger partial charge < -0.3 is 11.1 Å². The molecule has 0 unspecified atom stereocenters. The first-order chi connectivity index (χ1) is 9.80. The number of carbonyl (C=O) groups is 1. The summed E-state index contributed by atoms with van der Waals surface area (Å²) in [5, 5.41) is 2.75. The van der Waals surface area contributed by atoms with Crippen molar-refractivity contribution in [1.29, 1.82) is 0 Å². The van der Waals surface area contributed by atoms with Crippen LogP contribution in [0.4, 0.5) is 15.8 Å². The van der Waals surface area contributed by atoms with E-state index in [1.165, 1.54) is 12.1 Å². The molecule has 0 heterocycles. The number of hydrogen-bond acceptors (Lipinski definition) is 2. The van der Waals surface area contributed by atoms with Crippen molar-refractivity contribution >= 4 is 33.2 Å². The van der Waals surface area contributed by atoms with Gasteiger partial charge in [-0.25, -0.2) is 4.39 Å². The summed E-state index contributed by atoms with van der Waals surface area (Å²) in [6, 6.07) is 11.3. The highest BCUT2D eigenvalue weighted by Crippen LogP contribution is 2.28. The first-order valence-electron chi connectivity index (χ1n) is 6.43. The summed E-state index contributed by atoms with van der Waals surface area (Å²) in [6.45, 7) is 3.61. The monoisotopic (exact) mass is 350 g/mol. The molecule has 0 aliphatic rings. The lowest BCUT2D eigenvalue weighted by Gasteiger charge is -2.24. The van der Waals surface area contributed by atoms with Gasteiger partial charge in [-0.3, -0.25) is 4.79 Å². The van der Waals surface area contributed by atoms with Gasteiger partial charge in [0.2, 0.25) is 5.91 Å². The van der Waals surface area contributed by atoms with Crippen LogP contribution in [0.1, 0.15) is 19.4 Å². The zero-order chi connectivity index (χ0) is 15.6. The van der Waals surface area contributed by atoms with Crippen LogP contribution in [-0.2, 0) is 10.2 Å². The Morgan fingerprint density at radius 3 is 2.43 bits per heavy atom. The van der Waals surface area contributed by atoms with Crippen molar-refractivity contribution in [3.8, 4) is 0 Å². The molecule has 0 radical (unpaired) electrons. The first kappa shape index (κ1) is 15.5. The molecule has 21 heavy (non-hydrogen) atoms. The molecule has 2 aromatic rings. The maximum atomic E-state index is 13.3. The average Bonchev–Trinajstić information content (AvgIpc) is 2.43. The molecule has 3 nitrogen and oxygen atoms in total. The van der Waals surface area contributed by atoms with E-state index < -0.39 is 11.2 Å². The largest absolute Gasteiger partial charge is 0.399 e. The molecule has 0 aliphatic heterocycles. The molecule has 0 bridgehead atoms. The van der Waals surface area contributed by atoms with Gasteiger partial charge in [-0.05, 0) is 65.7 Å². The highest BCUT2D eigenvalue weighted by atomic mass is 79.9. The third-order valence-corrected chi connectivity index (χ3v) is 4.07. The number of nitrogens with one attached hydrogen (secondary N) is 1. The molecule has 2 aromatic carbocycles. The number of nitrogens with two attached hydrogens (primary N) is 1. The molecule has 3 N–H and O–H groups in total. The van der Waals surface area contributed by atoms with Gasteiger partial charge in [0.1, 0.15) is 5.82 Å². The quantitative estimate of drug-likeness (QED) is 0.819. The summed E-state index contributed by atoms with van der Waals surface area (Å²) in [5.74, 6) is -0.627. The van der Waals surface area contributed by atoms with Gasteiger partial charge in [-0.2, -0.15) is 0 Å². The fraction of sp³-hybridized carbons (Fsp3) is 0.188. The molecule has 0 saturated carbocycles. The van der Waals surface area contributed by atoms with Crippen molar-refractivity contribution < 1.29 is 9.18 Å². The Hall–Kier alpha value is -1.88. The number of benzene rings is 2. The summed E-state index contributed by atoms with van der Waals surface area (Å²) in [6.07, 6.45) is 0. The summed E-state index contributed by atoms with van der Waals surface area (Å²) in [4.78, 5) is 12.5. The van der Waals surface area contributed by atoms with E-state index in [0.717, 1.165) is 5.56 Å². The van der Waals surface area contributed by atoms with Crippen LogP contribution in [0.15, 0.2) is 46.9 Å². The van der Waals surface area contributed by atoms with Crippen molar-refractivity contribution in [3.63, 3.8) is 0 Å². The zero-order valence-electron chi connectivity index (χ0n) is 11.8. The Morgan fingerprint density at radius 2 is 1.81 bits per heavy atom. The van der Waals surface area contributed by atoms with Gasteiger partial charge >= 0.3 is 0 Å². The van der Waals surface area contributed by atoms with E-state index in [2.05, 4.69) is 21.2 Å². The lowest BCUT2D eigenvalue weighted by atomic mass is 9.83. The van der Waals surface area contributed by atoms with E-state index in [9.17, 15) is 9.18 Å². The average molecular weight is 351 g/mol. The van der Waals surface area contributed by atoms with Crippen molar-refractivity contribution in [2.75, 3.05) is 11.1 Å². The molecule has 110 valence electrons. The van der Waals surface area contributed by atoms with Crippen LogP contribution in [0, 0.1) is 5.82 Å². The molecule has 5 heteroatoms. The summed E-state index contributed by atoms with van der Waals surface area (Å²) in [5.41, 5.74) is 6.78. The summed E-state index contributed by atoms with van der Waals surface area (Å²) >= 11 is 3.29. The van der Waals surface area contributed by atoms with E-state index in [1.807, 2.05) is 12.1 Å². The molecular weight excluding hydrogens is 335 g/mol. The van der Waals surface area contributed by atoms with Gasteiger partial charge in [-0.15, -0.1) is 0 Å². The van der Waals surface area contributed by atoms with Crippen LogP contribution >= 0.6 is 15.9 Å². The number of halogens is 2. The minimum atomic E-state index is -0.764. The van der Waals surface area contributed by atoms with Gasteiger partial charge in [0.05, 0.1) is 11.1 Å². The Labute approximate surface area is 131 Å². The van der Waals surface area contributed by atoms with Crippen LogP contribution in [0.25, 0.3) is 0 Å². The Kier molecular flexibility index (Phi) is 4.32. The summed E-state index contributed by atoms with van der Waals surface area (Å²) < 4.78 is 13.9. The predicted octanol–water partition coefficient (Wildman–Crippen LogP) is 4.09. The Balaban J connectivity index is 2.26. The van der Waals surface area contributed by atoms with E-state index >= 15 is 0 Å². The molecule has 0 saturated heterocycles. The molecule has 1 amide bonds. The van der Waals surface area contributed by atoms with Crippen LogP contribution in [0.5, 0.6) is 0 Å². The first-order valence-corrected chi connectivity index (χ1v) is 7.22. The molecule has 0 fully saturated rings. The zero-order valence-corrected chi connectivity index (χ0v) is 13.4. The van der Waals surface area contributed by atoms with Crippen LogP contribution in [0.2, 0.25) is 0 Å². The third kappa shape index (κ3) is 3.42. The number of rotatable bonds is 3. The second-order valence-corrected chi connectivity index (χ2v) is 6.18. The highest BCUT2D eigenvalue weighted by molar-refractivity contribution is 9.10. The van der Waals surface area contributed by atoms with Gasteiger partial charge in [0.25, 0.3) is 0 Å². The topological polar surface area (TPSA) is 55.1 Å². The van der Waals surface area contributed by atoms with Gasteiger partial charge in [-0.1, -0.05) is 12.1 Å². The number of nitrogen functional groups attached to an aromatic ring is 1. The van der Waals surface area contributed by atoms with Crippen molar-refractivity contribution in [3.05, 3.63) is 58.3 Å². The number of amides is 1. The fourth-order valence-corrected chi connectivity index (χ4v) is 2.25. The van der Waals surface area contributed by atoms with Crippen LogP contribution in [-0.4, -0.2) is 5.91 Å². The second-order valence-electron chi connectivity index (χ2n) is 5.33. The molecule has 2 rings (SSSR count). The number of carbonyl (C=O) groups excluding carboxylic acids is 1. The maximum absolute atomic E-state index is 13.3. The lowest BCUT2D eigenvalue weighted by Crippen LogP contribution is -2.34. The van der Waals surface area contributed by atoms with Crippen molar-refractivity contribution in [1.82, 2.24) is 0 Å². The lowest BCUT2D eigenvalue weighted by molar-refractivity contribution is -0.120. The molecular formula is C16H16BrFN2O. The van der Waals surface area contributed by atoms with Crippen molar-refractivity contribution in [2.24, 2.45) is 0 Å². The maximum Gasteiger partial charge on any atom is 0.234 e. The number of anilines is 2. The molecule has 0 spiro atoms. The SMILES string of the molecule is CC(C)(C(=O)Nc1cc(F)ccc1Br)c1ccc(N)cc1. The van der Waals surface area contributed by atoms with E-state index in [1.54, 1.807) is 32.0 Å². The highest BCUT2D eigenvalue weighted by Gasteiger charge is 2.30. The second kappa shape index (κ2) is 5.85. The van der Waals surface area contributed by atoms with Crippen LogP contribution in [0.3, 0.4) is 0 Å². The van der Waals surface area contributed by atoms with E-state index in [0.29, 0.717) is 15.8 Å². The molecule has 0 aromatic heterocycles. The number of hydrogen-bond donors (Lipinski definition) is 2. The summed E-state index contributed by atoms with van der Waals surface area (Å²) in [7, 11) is 0. The molecule has 0 aliphatic carbocycles. The van der Waals surface area contributed by atoms with Crippen molar-refractivity contribution in [2.45, 2.75) is 19.3 Å². The Morgan fingerprint density at radius 1 is 1.19 bits per heavy atom. The third-order valence-electron chi connectivity index (χ3n) is 3.38. The smallest absolute Gasteiger partial charge is 0.234 e. The van der Waals surface area contributed by atoms with E-state index in [-0.39, 0.29) is 5.91 Å². The van der Waals surface area contributed by atoms with E-state index in [4.69, 9.17) is 5.73 Å². The molecule has 0 atom stereocenters. The van der Waals surface area contributed by atoms with Gasteiger partial charge in [0.15, 0.2) is 0 Å². The normalized spacial score (nSPS) is 11.2. The standard InChI is InChI=1S/C16H16BrFN2O/c1-16(2,10-3-6-12(19)7-4-10)15(21)20-14-9-11(18)5-8-13(14)17/h3-9H,19H2,1-2H3,(H,20,21).